The Kier molecular flexibility index (Phi) is 14.1. The zero-order valence-corrected chi connectivity index (χ0v) is 38.9. The summed E-state index contributed by atoms with van der Waals surface area (Å²) in [5.74, 6) is -3.38. The Balaban J connectivity index is 0.000000191. The van der Waals surface area contributed by atoms with Gasteiger partial charge in [0, 0.05) is 77.9 Å². The number of esters is 1. The van der Waals surface area contributed by atoms with E-state index < -0.39 is 23.8 Å². The monoisotopic (exact) mass is 980 g/mol. The van der Waals surface area contributed by atoms with Crippen molar-refractivity contribution in [1.29, 1.82) is 0 Å². The van der Waals surface area contributed by atoms with Crippen molar-refractivity contribution in [1.82, 2.24) is 19.2 Å². The van der Waals surface area contributed by atoms with Gasteiger partial charge in [-0.3, -0.25) is 19.2 Å². The lowest BCUT2D eigenvalue weighted by Gasteiger charge is -2.19. The zero-order valence-electron chi connectivity index (χ0n) is 37.4. The van der Waals surface area contributed by atoms with Gasteiger partial charge in [-0.1, -0.05) is 47.5 Å². The maximum absolute atomic E-state index is 13.4. The van der Waals surface area contributed by atoms with Crippen molar-refractivity contribution >= 4 is 81.2 Å². The molecule has 1 aliphatic rings. The van der Waals surface area contributed by atoms with Crippen molar-refractivity contribution in [2.75, 3.05) is 37.1 Å². The second kappa shape index (κ2) is 20.5. The number of hydrogen-bond acceptors (Lipinski definition) is 10. The smallest absolute Gasteiger partial charge is 0.339 e. The molecule has 9 rings (SSSR count). The molecular formula is C51H42Cl2N8O9. The summed E-state index contributed by atoms with van der Waals surface area (Å²) in [4.78, 5) is 76.1. The van der Waals surface area contributed by atoms with E-state index >= 15 is 0 Å². The number of primary amides is 2. The van der Waals surface area contributed by atoms with Crippen LogP contribution in [-0.2, 0) is 9.47 Å². The van der Waals surface area contributed by atoms with Crippen molar-refractivity contribution in [3.05, 3.63) is 177 Å². The lowest BCUT2D eigenvalue weighted by atomic mass is 10.0. The molecule has 1 saturated heterocycles. The van der Waals surface area contributed by atoms with Gasteiger partial charge in [-0.15, -0.1) is 0 Å². The number of ether oxygens (including phenoxy) is 2. The number of rotatable bonds is 12. The fraction of sp³-hybridized carbons (Fsp3) is 0.137. The number of aromatic nitrogens is 4. The van der Waals surface area contributed by atoms with E-state index in [-0.39, 0.29) is 45.7 Å². The van der Waals surface area contributed by atoms with Crippen LogP contribution in [0.4, 0.5) is 11.4 Å². The normalized spacial score (nSPS) is 13.1. The van der Waals surface area contributed by atoms with Crippen molar-refractivity contribution in [2.45, 2.75) is 18.9 Å². The first-order chi connectivity index (χ1) is 33.6. The quantitative estimate of drug-likeness (QED) is 0.0990. The predicted molar refractivity (Wildman–Crippen MR) is 263 cm³/mol. The third-order valence-corrected chi connectivity index (χ3v) is 12.3. The van der Waals surface area contributed by atoms with Crippen LogP contribution >= 0.6 is 23.2 Å². The van der Waals surface area contributed by atoms with Crippen LogP contribution in [-0.4, -0.2) is 93.3 Å². The molecule has 4 aromatic carbocycles. The molecule has 1 unspecified atom stereocenters. The topological polar surface area (TPSA) is 234 Å². The number of carboxylic acid groups (broad SMARTS) is 1. The van der Waals surface area contributed by atoms with E-state index in [1.807, 2.05) is 0 Å². The molecule has 1 aliphatic heterocycles. The van der Waals surface area contributed by atoms with Crippen molar-refractivity contribution in [3.8, 4) is 22.3 Å². The number of pyridine rings is 2. The van der Waals surface area contributed by atoms with Crippen LogP contribution in [0.25, 0.3) is 33.3 Å². The molecule has 17 nitrogen and oxygen atoms in total. The average Bonchev–Trinajstić information content (AvgIpc) is 4.16. The van der Waals surface area contributed by atoms with Crippen LogP contribution in [0.1, 0.15) is 75.0 Å². The molecule has 70 heavy (non-hydrogen) atoms. The first kappa shape index (κ1) is 48.1. The second-order valence-electron chi connectivity index (χ2n) is 16.1. The Bertz CT molecular complexity index is 3350. The number of carbonyl (C=O) groups is 6. The summed E-state index contributed by atoms with van der Waals surface area (Å²) >= 11 is 12.2. The van der Waals surface area contributed by atoms with E-state index in [0.29, 0.717) is 51.3 Å². The molecule has 5 heterocycles. The van der Waals surface area contributed by atoms with Crippen molar-refractivity contribution < 1.29 is 43.3 Å². The van der Waals surface area contributed by atoms with Gasteiger partial charge in [0.15, 0.2) is 0 Å². The number of benzene rings is 4. The zero-order chi connectivity index (χ0) is 49.8. The summed E-state index contributed by atoms with van der Waals surface area (Å²) in [5.41, 5.74) is 17.8. The van der Waals surface area contributed by atoms with Crippen LogP contribution in [0, 0.1) is 0 Å². The van der Waals surface area contributed by atoms with Crippen LogP contribution in [0.2, 0.25) is 10.0 Å². The molecule has 1 fully saturated rings. The summed E-state index contributed by atoms with van der Waals surface area (Å²) in [6.07, 6.45) is 8.43. The lowest BCUT2D eigenvalue weighted by Crippen LogP contribution is -2.26. The summed E-state index contributed by atoms with van der Waals surface area (Å²) < 4.78 is 14.2. The summed E-state index contributed by atoms with van der Waals surface area (Å²) in [5, 5.41) is 18.3. The Morgan fingerprint density at radius 2 is 1.11 bits per heavy atom. The number of halogens is 2. The highest BCUT2D eigenvalue weighted by Crippen LogP contribution is 2.30. The highest BCUT2D eigenvalue weighted by Gasteiger charge is 2.23. The maximum Gasteiger partial charge on any atom is 0.339 e. The van der Waals surface area contributed by atoms with Gasteiger partial charge in [0.05, 0.1) is 50.7 Å². The highest BCUT2D eigenvalue weighted by atomic mass is 35.5. The number of hydrogen-bond donors (Lipinski definition) is 3. The minimum absolute atomic E-state index is 0.0863. The van der Waals surface area contributed by atoms with Crippen LogP contribution in [0.15, 0.2) is 134 Å². The molecule has 0 bridgehead atoms. The molecule has 0 spiro atoms. The molecule has 4 aromatic heterocycles. The van der Waals surface area contributed by atoms with E-state index in [9.17, 15) is 33.9 Å². The van der Waals surface area contributed by atoms with Gasteiger partial charge in [-0.2, -0.15) is 10.2 Å². The molecule has 8 aromatic rings. The van der Waals surface area contributed by atoms with E-state index in [0.717, 1.165) is 35.1 Å². The number of aromatic carboxylic acids is 1. The lowest BCUT2D eigenvalue weighted by molar-refractivity contribution is 0.0161. The molecule has 4 amide bonds. The van der Waals surface area contributed by atoms with E-state index in [4.69, 9.17) is 44.1 Å². The van der Waals surface area contributed by atoms with E-state index in [1.54, 1.807) is 145 Å². The second-order valence-corrected chi connectivity index (χ2v) is 16.9. The van der Waals surface area contributed by atoms with Crippen LogP contribution in [0.5, 0.6) is 0 Å². The van der Waals surface area contributed by atoms with Crippen LogP contribution in [0.3, 0.4) is 0 Å². The van der Waals surface area contributed by atoms with Gasteiger partial charge >= 0.3 is 11.9 Å². The first-order valence-corrected chi connectivity index (χ1v) is 22.3. The molecule has 5 N–H and O–H groups in total. The minimum Gasteiger partial charge on any atom is -0.478 e. The Morgan fingerprint density at radius 3 is 1.54 bits per heavy atom. The maximum atomic E-state index is 13.4. The number of carbonyl (C=O) groups excluding carboxylic acids is 5. The van der Waals surface area contributed by atoms with Gasteiger partial charge in [-0.05, 0) is 109 Å². The molecule has 0 radical (unpaired) electrons. The molecular weight excluding hydrogens is 940 g/mol. The summed E-state index contributed by atoms with van der Waals surface area (Å²) in [6.45, 7) is 0.826. The number of amides is 4. The molecule has 1 atom stereocenters. The third-order valence-electron chi connectivity index (χ3n) is 11.7. The Morgan fingerprint density at radius 1 is 0.657 bits per heavy atom. The van der Waals surface area contributed by atoms with Crippen molar-refractivity contribution in [2.24, 2.45) is 11.5 Å². The first-order valence-electron chi connectivity index (χ1n) is 21.5. The van der Waals surface area contributed by atoms with Gasteiger partial charge in [-0.25, -0.2) is 18.6 Å². The van der Waals surface area contributed by atoms with Gasteiger partial charge < -0.3 is 35.8 Å². The standard InChI is InChI=1S/C28H25ClN4O5.C23H17ClN4O4/c1-32(20-8-9-24(29)22(14-20)28(36)38-16-21-3-2-12-37-21)27(35)19-10-11-33-25(13-19)23(15-31-33)17-4-6-18(7-5-17)26(30)34;1-27(16-6-7-19(24)17(11-16)23(31)32)22(30)15-8-9-28-20(10-15)18(12-26-28)13-2-4-14(5-3-13)21(25)29/h4-11,13-15,21H,2-3,12,16H2,1H3,(H2,30,34);2-12H,1H3,(H2,25,29)(H,31,32). The predicted octanol–water partition coefficient (Wildman–Crippen LogP) is 8.09. The van der Waals surface area contributed by atoms with Crippen molar-refractivity contribution in [3.63, 3.8) is 0 Å². The molecule has 19 heteroatoms. The molecule has 0 aliphatic carbocycles. The third kappa shape index (κ3) is 10.2. The number of anilines is 2. The fourth-order valence-corrected chi connectivity index (χ4v) is 8.10. The highest BCUT2D eigenvalue weighted by molar-refractivity contribution is 6.34. The van der Waals surface area contributed by atoms with E-state index in [1.165, 1.54) is 21.9 Å². The summed E-state index contributed by atoms with van der Waals surface area (Å²) in [7, 11) is 3.18. The largest absolute Gasteiger partial charge is 0.478 e. The van der Waals surface area contributed by atoms with Gasteiger partial charge in [0.1, 0.15) is 6.61 Å². The fourth-order valence-electron chi connectivity index (χ4n) is 7.71. The SMILES string of the molecule is CN(C(=O)c1ccn2ncc(-c3ccc(C(N)=O)cc3)c2c1)c1ccc(Cl)c(C(=O)O)c1.CN(C(=O)c1ccn2ncc(-c3ccc(C(N)=O)cc3)c2c1)c1ccc(Cl)c(C(=O)OCC2CCCO2)c1. The van der Waals surface area contributed by atoms with E-state index in [2.05, 4.69) is 10.2 Å². The van der Waals surface area contributed by atoms with Crippen LogP contribution < -0.4 is 21.3 Å². The average molecular weight is 982 g/mol. The number of nitrogens with two attached hydrogens (primary N) is 2. The van der Waals surface area contributed by atoms with Gasteiger partial charge in [0.2, 0.25) is 11.8 Å². The number of fused-ring (bicyclic) bond motifs is 2. The summed E-state index contributed by atoms with van der Waals surface area (Å²) in [6, 6.07) is 29.5. The Hall–Kier alpha value is -8.38. The number of carboxylic acids is 1. The van der Waals surface area contributed by atoms with Gasteiger partial charge in [0.25, 0.3) is 11.8 Å². The molecule has 354 valence electrons. The number of nitrogens with zero attached hydrogens (tertiary/aromatic N) is 6. The molecule has 0 saturated carbocycles. The Labute approximate surface area is 409 Å². The minimum atomic E-state index is -1.18.